The van der Waals surface area contributed by atoms with Crippen LogP contribution in [0.2, 0.25) is 0 Å². The van der Waals surface area contributed by atoms with Gasteiger partial charge in [-0.3, -0.25) is 15.0 Å². The number of ether oxygens (including phenoxy) is 1. The van der Waals surface area contributed by atoms with Gasteiger partial charge in [0.1, 0.15) is 12.0 Å². The number of nitrogens with one attached hydrogen (secondary N) is 1. The second-order valence-electron chi connectivity index (χ2n) is 4.81. The second-order valence-corrected chi connectivity index (χ2v) is 4.81. The summed E-state index contributed by atoms with van der Waals surface area (Å²) in [5, 5.41) is 3.09. The highest BCUT2D eigenvalue weighted by atomic mass is 19.1. The lowest BCUT2D eigenvalue weighted by molar-refractivity contribution is -0.157. The first-order valence-electron chi connectivity index (χ1n) is 6.77. The standard InChI is InChI=1S/C14H20FN3O2/c1-2-12(19)20-14-13(16)18(8-7-17-14)9-10-3-5-11(15)6-4-10/h3-6,13-14,17H,2,7-9,16H2,1H3/t13-,14?/m0/s1. The first-order chi connectivity index (χ1) is 9.60. The van der Waals surface area contributed by atoms with E-state index in [4.69, 9.17) is 10.5 Å². The molecular weight excluding hydrogens is 261 g/mol. The van der Waals surface area contributed by atoms with Gasteiger partial charge in [0, 0.05) is 26.1 Å². The third kappa shape index (κ3) is 3.75. The van der Waals surface area contributed by atoms with Gasteiger partial charge in [0.25, 0.3) is 0 Å². The lowest BCUT2D eigenvalue weighted by atomic mass is 10.1. The summed E-state index contributed by atoms with van der Waals surface area (Å²) < 4.78 is 18.1. The Morgan fingerprint density at radius 2 is 2.20 bits per heavy atom. The average molecular weight is 281 g/mol. The van der Waals surface area contributed by atoms with E-state index in [9.17, 15) is 9.18 Å². The van der Waals surface area contributed by atoms with E-state index in [1.165, 1.54) is 12.1 Å². The molecule has 2 rings (SSSR count). The number of piperazine rings is 1. The number of carbonyl (C=O) groups is 1. The van der Waals surface area contributed by atoms with E-state index in [0.29, 0.717) is 19.5 Å². The zero-order valence-electron chi connectivity index (χ0n) is 11.5. The highest BCUT2D eigenvalue weighted by molar-refractivity contribution is 5.69. The summed E-state index contributed by atoms with van der Waals surface area (Å²) in [4.78, 5) is 13.4. The Hall–Kier alpha value is -1.50. The van der Waals surface area contributed by atoms with Crippen LogP contribution >= 0.6 is 0 Å². The Kier molecular flexibility index (Phi) is 5.05. The van der Waals surface area contributed by atoms with Crippen molar-refractivity contribution in [2.75, 3.05) is 13.1 Å². The first-order valence-corrected chi connectivity index (χ1v) is 6.77. The molecule has 6 heteroatoms. The summed E-state index contributed by atoms with van der Waals surface area (Å²) in [5.41, 5.74) is 7.09. The number of nitrogens with two attached hydrogens (primary N) is 1. The molecule has 5 nitrogen and oxygen atoms in total. The first kappa shape index (κ1) is 14.9. The van der Waals surface area contributed by atoms with Crippen LogP contribution in [0.3, 0.4) is 0 Å². The zero-order valence-corrected chi connectivity index (χ0v) is 11.5. The van der Waals surface area contributed by atoms with Gasteiger partial charge in [-0.25, -0.2) is 4.39 Å². The van der Waals surface area contributed by atoms with Crippen LogP contribution in [-0.2, 0) is 16.1 Å². The molecule has 0 aliphatic carbocycles. The van der Waals surface area contributed by atoms with Crippen LogP contribution in [0.5, 0.6) is 0 Å². The largest absolute Gasteiger partial charge is 0.443 e. The number of halogens is 1. The van der Waals surface area contributed by atoms with E-state index >= 15 is 0 Å². The molecule has 1 aliphatic heterocycles. The average Bonchev–Trinajstić information content (AvgIpc) is 2.45. The highest BCUT2D eigenvalue weighted by Gasteiger charge is 2.30. The van der Waals surface area contributed by atoms with Gasteiger partial charge >= 0.3 is 5.97 Å². The molecule has 0 amide bonds. The van der Waals surface area contributed by atoms with Gasteiger partial charge < -0.3 is 10.5 Å². The number of nitrogens with zero attached hydrogens (tertiary/aromatic N) is 1. The van der Waals surface area contributed by atoms with Crippen LogP contribution in [0.15, 0.2) is 24.3 Å². The van der Waals surface area contributed by atoms with Crippen molar-refractivity contribution in [2.45, 2.75) is 32.3 Å². The Labute approximate surface area is 117 Å². The molecule has 0 radical (unpaired) electrons. The molecule has 20 heavy (non-hydrogen) atoms. The fraction of sp³-hybridized carbons (Fsp3) is 0.500. The summed E-state index contributed by atoms with van der Waals surface area (Å²) in [5.74, 6) is -0.533. The molecule has 0 saturated carbocycles. The van der Waals surface area contributed by atoms with Crippen LogP contribution in [0.4, 0.5) is 4.39 Å². The van der Waals surface area contributed by atoms with Crippen molar-refractivity contribution in [3.8, 4) is 0 Å². The van der Waals surface area contributed by atoms with E-state index in [2.05, 4.69) is 5.32 Å². The minimum atomic E-state index is -0.503. The van der Waals surface area contributed by atoms with E-state index in [1.807, 2.05) is 4.90 Å². The third-order valence-electron chi connectivity index (χ3n) is 3.32. The minimum Gasteiger partial charge on any atom is -0.443 e. The summed E-state index contributed by atoms with van der Waals surface area (Å²) in [6.45, 7) is 3.78. The quantitative estimate of drug-likeness (QED) is 0.799. The molecule has 1 aromatic carbocycles. The van der Waals surface area contributed by atoms with Crippen LogP contribution < -0.4 is 11.1 Å². The maximum atomic E-state index is 12.9. The smallest absolute Gasteiger partial charge is 0.307 e. The van der Waals surface area contributed by atoms with E-state index in [0.717, 1.165) is 12.1 Å². The molecule has 1 fully saturated rings. The van der Waals surface area contributed by atoms with Crippen molar-refractivity contribution < 1.29 is 13.9 Å². The Morgan fingerprint density at radius 1 is 1.50 bits per heavy atom. The van der Waals surface area contributed by atoms with Crippen molar-refractivity contribution in [3.05, 3.63) is 35.6 Å². The Bertz CT molecular complexity index is 452. The lowest BCUT2D eigenvalue weighted by Gasteiger charge is -2.38. The van der Waals surface area contributed by atoms with Gasteiger partial charge in [0.15, 0.2) is 6.23 Å². The van der Waals surface area contributed by atoms with Gasteiger partial charge in [-0.2, -0.15) is 0 Å². The van der Waals surface area contributed by atoms with E-state index in [1.54, 1.807) is 19.1 Å². The molecule has 1 aromatic rings. The van der Waals surface area contributed by atoms with Gasteiger partial charge in [0.2, 0.25) is 0 Å². The summed E-state index contributed by atoms with van der Waals surface area (Å²) in [6.07, 6.45) is -0.594. The van der Waals surface area contributed by atoms with Crippen molar-refractivity contribution in [1.29, 1.82) is 0 Å². The molecule has 1 heterocycles. The van der Waals surface area contributed by atoms with Crippen LogP contribution in [-0.4, -0.2) is 36.4 Å². The topological polar surface area (TPSA) is 67.6 Å². The molecule has 110 valence electrons. The molecule has 1 unspecified atom stereocenters. The van der Waals surface area contributed by atoms with Gasteiger partial charge in [-0.1, -0.05) is 19.1 Å². The Balaban J connectivity index is 1.97. The number of carbonyl (C=O) groups excluding carboxylic acids is 1. The number of benzene rings is 1. The van der Waals surface area contributed by atoms with Crippen molar-refractivity contribution in [3.63, 3.8) is 0 Å². The maximum Gasteiger partial charge on any atom is 0.307 e. The van der Waals surface area contributed by atoms with Gasteiger partial charge in [-0.15, -0.1) is 0 Å². The molecule has 1 saturated heterocycles. The molecule has 0 bridgehead atoms. The van der Waals surface area contributed by atoms with Gasteiger partial charge in [-0.05, 0) is 17.7 Å². The fourth-order valence-electron chi connectivity index (χ4n) is 2.16. The third-order valence-corrected chi connectivity index (χ3v) is 3.32. The lowest BCUT2D eigenvalue weighted by Crippen LogP contribution is -2.62. The molecule has 1 aliphatic rings. The molecule has 0 aromatic heterocycles. The van der Waals surface area contributed by atoms with Crippen molar-refractivity contribution in [1.82, 2.24) is 10.2 Å². The number of hydrogen-bond donors (Lipinski definition) is 2. The number of esters is 1. The second kappa shape index (κ2) is 6.78. The Morgan fingerprint density at radius 3 is 2.85 bits per heavy atom. The molecule has 0 spiro atoms. The molecule has 3 N–H and O–H groups in total. The maximum absolute atomic E-state index is 12.9. The summed E-state index contributed by atoms with van der Waals surface area (Å²) in [6, 6.07) is 6.32. The van der Waals surface area contributed by atoms with E-state index < -0.39 is 12.4 Å². The van der Waals surface area contributed by atoms with Crippen LogP contribution in [0.1, 0.15) is 18.9 Å². The minimum absolute atomic E-state index is 0.256. The number of rotatable bonds is 4. The van der Waals surface area contributed by atoms with Crippen molar-refractivity contribution in [2.24, 2.45) is 5.73 Å². The summed E-state index contributed by atoms with van der Waals surface area (Å²) >= 11 is 0. The van der Waals surface area contributed by atoms with E-state index in [-0.39, 0.29) is 11.8 Å². The van der Waals surface area contributed by atoms with Crippen LogP contribution in [0, 0.1) is 5.82 Å². The summed E-state index contributed by atoms with van der Waals surface area (Å²) in [7, 11) is 0. The van der Waals surface area contributed by atoms with Crippen LogP contribution in [0.25, 0.3) is 0 Å². The monoisotopic (exact) mass is 281 g/mol. The SMILES string of the molecule is CCC(=O)OC1NCCN(Cc2ccc(F)cc2)[C@@H]1N. The predicted molar refractivity (Wildman–Crippen MR) is 73.0 cm³/mol. The number of hydrogen-bond acceptors (Lipinski definition) is 5. The predicted octanol–water partition coefficient (Wildman–Crippen LogP) is 0.795. The normalized spacial score (nSPS) is 23.6. The highest BCUT2D eigenvalue weighted by Crippen LogP contribution is 2.13. The van der Waals surface area contributed by atoms with Crippen molar-refractivity contribution >= 4 is 5.97 Å². The molecule has 2 atom stereocenters. The molecular formula is C14H20FN3O2. The zero-order chi connectivity index (χ0) is 14.5. The van der Waals surface area contributed by atoms with Gasteiger partial charge in [0.05, 0.1) is 0 Å². The fourth-order valence-corrected chi connectivity index (χ4v) is 2.16.